The fraction of sp³-hybridized carbons (Fsp3) is 0.250. The van der Waals surface area contributed by atoms with Crippen LogP contribution in [0.5, 0.6) is 0 Å². The van der Waals surface area contributed by atoms with Crippen LogP contribution in [0.4, 0.5) is 13.2 Å². The molecular formula is C16H10ClF3N2O. The van der Waals surface area contributed by atoms with Gasteiger partial charge in [0.15, 0.2) is 0 Å². The first-order chi connectivity index (χ1) is 10.8. The first kappa shape index (κ1) is 15.6. The predicted octanol–water partition coefficient (Wildman–Crippen LogP) is 4.01. The molecule has 3 rings (SSSR count). The summed E-state index contributed by atoms with van der Waals surface area (Å²) >= 11 is 5.60. The lowest BCUT2D eigenvalue weighted by molar-refractivity contribution is -0.137. The number of alkyl halides is 3. The van der Waals surface area contributed by atoms with Gasteiger partial charge in [0.1, 0.15) is 6.07 Å². The molecule has 0 N–H and O–H groups in total. The van der Waals surface area contributed by atoms with Crippen molar-refractivity contribution in [2.75, 3.05) is 0 Å². The molecule has 23 heavy (non-hydrogen) atoms. The maximum absolute atomic E-state index is 13.0. The van der Waals surface area contributed by atoms with E-state index in [1.807, 2.05) is 6.07 Å². The average Bonchev–Trinajstić information content (AvgIpc) is 2.97. The molecule has 1 aromatic carbocycles. The number of benzene rings is 1. The van der Waals surface area contributed by atoms with E-state index in [-0.39, 0.29) is 16.7 Å². The van der Waals surface area contributed by atoms with Crippen LogP contribution < -0.4 is 5.56 Å². The smallest absolute Gasteiger partial charge is 0.311 e. The summed E-state index contributed by atoms with van der Waals surface area (Å²) in [5.41, 5.74) is -0.237. The molecule has 1 aromatic heterocycles. The lowest BCUT2D eigenvalue weighted by Gasteiger charge is -2.13. The minimum absolute atomic E-state index is 0.0781. The normalized spacial score (nSPS) is 13.7. The first-order valence-corrected chi connectivity index (χ1v) is 7.24. The molecular weight excluding hydrogens is 329 g/mol. The number of aromatic nitrogens is 1. The summed E-state index contributed by atoms with van der Waals surface area (Å²) in [5, 5.41) is 8.80. The van der Waals surface area contributed by atoms with Crippen molar-refractivity contribution in [1.82, 2.24) is 4.57 Å². The summed E-state index contributed by atoms with van der Waals surface area (Å²) in [4.78, 5) is 12.5. The Morgan fingerprint density at radius 1 is 1.26 bits per heavy atom. The summed E-state index contributed by atoms with van der Waals surface area (Å²) in [5.74, 6) is 0. The minimum atomic E-state index is -4.61. The third kappa shape index (κ3) is 2.62. The topological polar surface area (TPSA) is 45.8 Å². The molecule has 2 aromatic rings. The quantitative estimate of drug-likeness (QED) is 0.788. The lowest BCUT2D eigenvalue weighted by atomic mass is 10.0. The monoisotopic (exact) mass is 338 g/mol. The third-order valence-electron chi connectivity index (χ3n) is 3.90. The van der Waals surface area contributed by atoms with Crippen molar-refractivity contribution in [3.63, 3.8) is 0 Å². The maximum Gasteiger partial charge on any atom is 0.417 e. The number of hydrogen-bond acceptors (Lipinski definition) is 2. The molecule has 0 atom stereocenters. The van der Waals surface area contributed by atoms with Crippen LogP contribution in [0.15, 0.2) is 29.1 Å². The van der Waals surface area contributed by atoms with Gasteiger partial charge in [0.05, 0.1) is 16.1 Å². The van der Waals surface area contributed by atoms with Crippen LogP contribution in [0, 0.1) is 11.3 Å². The van der Waals surface area contributed by atoms with Gasteiger partial charge in [0.2, 0.25) is 0 Å². The second-order valence-electron chi connectivity index (χ2n) is 5.28. The van der Waals surface area contributed by atoms with Crippen molar-refractivity contribution in [2.24, 2.45) is 0 Å². The van der Waals surface area contributed by atoms with Crippen LogP contribution in [0.25, 0.3) is 11.1 Å². The molecule has 0 amide bonds. The number of hydrogen-bond donors (Lipinski definition) is 0. The zero-order chi connectivity index (χ0) is 16.8. The van der Waals surface area contributed by atoms with Crippen molar-refractivity contribution in [1.29, 1.82) is 5.26 Å². The minimum Gasteiger partial charge on any atom is -0.311 e. The molecule has 0 bridgehead atoms. The fourth-order valence-electron chi connectivity index (χ4n) is 2.83. The summed E-state index contributed by atoms with van der Waals surface area (Å²) in [6.07, 6.45) is -3.26. The Morgan fingerprint density at radius 2 is 2.00 bits per heavy atom. The zero-order valence-electron chi connectivity index (χ0n) is 11.7. The van der Waals surface area contributed by atoms with Gasteiger partial charge in [-0.1, -0.05) is 17.7 Å². The average molecular weight is 339 g/mol. The van der Waals surface area contributed by atoms with Crippen LogP contribution in [0.1, 0.15) is 23.2 Å². The maximum atomic E-state index is 13.0. The predicted molar refractivity (Wildman–Crippen MR) is 79.2 cm³/mol. The van der Waals surface area contributed by atoms with Crippen molar-refractivity contribution in [3.8, 4) is 17.2 Å². The Bertz CT molecular complexity index is 894. The fourth-order valence-corrected chi connectivity index (χ4v) is 3.05. The highest BCUT2D eigenvalue weighted by molar-refractivity contribution is 6.31. The van der Waals surface area contributed by atoms with E-state index in [2.05, 4.69) is 0 Å². The Balaban J connectivity index is 2.25. The highest BCUT2D eigenvalue weighted by Crippen LogP contribution is 2.37. The van der Waals surface area contributed by atoms with Gasteiger partial charge in [-0.3, -0.25) is 4.79 Å². The van der Waals surface area contributed by atoms with Crippen molar-refractivity contribution in [3.05, 3.63) is 56.5 Å². The molecule has 3 nitrogen and oxygen atoms in total. The van der Waals surface area contributed by atoms with E-state index >= 15 is 0 Å². The lowest BCUT2D eigenvalue weighted by Crippen LogP contribution is -2.22. The van der Waals surface area contributed by atoms with Gasteiger partial charge in [-0.2, -0.15) is 18.4 Å². The SMILES string of the molecule is N#Cc1cc(-c2ccc(Cl)c(C(F)(F)F)c2)c(=O)n2c1CCC2. The van der Waals surface area contributed by atoms with Crippen LogP contribution in [-0.2, 0) is 19.1 Å². The second kappa shape index (κ2) is 5.43. The van der Waals surface area contributed by atoms with E-state index in [1.165, 1.54) is 16.7 Å². The van der Waals surface area contributed by atoms with Crippen LogP contribution >= 0.6 is 11.6 Å². The van der Waals surface area contributed by atoms with Gasteiger partial charge in [0.25, 0.3) is 5.56 Å². The highest BCUT2D eigenvalue weighted by atomic mass is 35.5. The van der Waals surface area contributed by atoms with E-state index in [9.17, 15) is 23.2 Å². The summed E-state index contributed by atoms with van der Waals surface area (Å²) in [6.45, 7) is 0.469. The van der Waals surface area contributed by atoms with Crippen LogP contribution in [-0.4, -0.2) is 4.57 Å². The number of pyridine rings is 1. The standard InChI is InChI=1S/C16H10ClF3N2O/c17-13-4-3-9(7-12(13)16(18,19)20)11-6-10(8-21)14-2-1-5-22(14)15(11)23/h3-4,6-7H,1-2,5H2. The molecule has 0 saturated heterocycles. The molecule has 1 aliphatic heterocycles. The molecule has 0 saturated carbocycles. The Kier molecular flexibility index (Phi) is 3.69. The van der Waals surface area contributed by atoms with Gasteiger partial charge in [-0.25, -0.2) is 0 Å². The molecule has 2 heterocycles. The Labute approximate surface area is 134 Å². The van der Waals surface area contributed by atoms with Gasteiger partial charge in [-0.15, -0.1) is 0 Å². The molecule has 0 aliphatic carbocycles. The highest BCUT2D eigenvalue weighted by Gasteiger charge is 2.33. The molecule has 1 aliphatic rings. The summed E-state index contributed by atoms with van der Waals surface area (Å²) in [7, 11) is 0. The molecule has 0 radical (unpaired) electrons. The molecule has 118 valence electrons. The van der Waals surface area contributed by atoms with E-state index in [1.54, 1.807) is 0 Å². The zero-order valence-corrected chi connectivity index (χ0v) is 12.5. The van der Waals surface area contributed by atoms with Crippen LogP contribution in [0.3, 0.4) is 0 Å². The van der Waals surface area contributed by atoms with Crippen molar-refractivity contribution in [2.45, 2.75) is 25.6 Å². The molecule has 0 unspecified atom stereocenters. The summed E-state index contributed by atoms with van der Waals surface area (Å²) in [6, 6.07) is 6.70. The number of nitrogens with zero attached hydrogens (tertiary/aromatic N) is 2. The van der Waals surface area contributed by atoms with E-state index in [0.29, 0.717) is 24.2 Å². The number of rotatable bonds is 1. The van der Waals surface area contributed by atoms with Crippen LogP contribution in [0.2, 0.25) is 5.02 Å². The van der Waals surface area contributed by atoms with Gasteiger partial charge in [-0.05, 0) is 36.6 Å². The van der Waals surface area contributed by atoms with Crippen molar-refractivity contribution < 1.29 is 13.2 Å². The van der Waals surface area contributed by atoms with Crippen molar-refractivity contribution >= 4 is 11.6 Å². The molecule has 0 spiro atoms. The van der Waals surface area contributed by atoms with E-state index in [4.69, 9.17) is 11.6 Å². The largest absolute Gasteiger partial charge is 0.417 e. The van der Waals surface area contributed by atoms with Gasteiger partial charge >= 0.3 is 6.18 Å². The van der Waals surface area contributed by atoms with Gasteiger partial charge in [0, 0.05) is 17.8 Å². The summed E-state index contributed by atoms with van der Waals surface area (Å²) < 4.78 is 40.4. The van der Waals surface area contributed by atoms with Gasteiger partial charge < -0.3 is 4.57 Å². The Hall–Kier alpha value is -2.26. The number of fused-ring (bicyclic) bond motifs is 1. The number of halogens is 4. The van der Waals surface area contributed by atoms with E-state index in [0.717, 1.165) is 18.6 Å². The number of nitriles is 1. The molecule has 7 heteroatoms. The van der Waals surface area contributed by atoms with E-state index < -0.39 is 16.8 Å². The Morgan fingerprint density at radius 3 is 2.65 bits per heavy atom. The molecule has 0 fully saturated rings. The second-order valence-corrected chi connectivity index (χ2v) is 5.69. The first-order valence-electron chi connectivity index (χ1n) is 6.87. The third-order valence-corrected chi connectivity index (χ3v) is 4.23.